The fourth-order valence-electron chi connectivity index (χ4n) is 4.47. The Morgan fingerprint density at radius 2 is 1.92 bits per heavy atom. The molecule has 2 aromatic rings. The largest absolute Gasteiger partial charge is 0.411 e. The van der Waals surface area contributed by atoms with Gasteiger partial charge in [-0.15, -0.1) is 0 Å². The highest BCUT2D eigenvalue weighted by Crippen LogP contribution is 2.45. The zero-order valence-corrected chi connectivity index (χ0v) is 14.7. The van der Waals surface area contributed by atoms with Gasteiger partial charge in [0.15, 0.2) is 0 Å². The third kappa shape index (κ3) is 3.01. The van der Waals surface area contributed by atoms with Crippen LogP contribution in [0.15, 0.2) is 48.0 Å². The van der Waals surface area contributed by atoms with E-state index in [9.17, 15) is 0 Å². The molecule has 1 unspecified atom stereocenters. The number of allylic oxidation sites excluding steroid dienone is 2. The summed E-state index contributed by atoms with van der Waals surface area (Å²) in [5, 5.41) is 12.3. The molecule has 0 radical (unpaired) electrons. The van der Waals surface area contributed by atoms with Crippen molar-refractivity contribution in [3.8, 4) is 0 Å². The van der Waals surface area contributed by atoms with Crippen LogP contribution >= 0.6 is 0 Å². The summed E-state index contributed by atoms with van der Waals surface area (Å²) in [6.07, 6.45) is 10.5. The van der Waals surface area contributed by atoms with Crippen molar-refractivity contribution in [1.82, 2.24) is 9.55 Å². The highest BCUT2D eigenvalue weighted by atomic mass is 16.4. The molecule has 0 saturated heterocycles. The Labute approximate surface area is 148 Å². The quantitative estimate of drug-likeness (QED) is 0.619. The first-order valence-corrected chi connectivity index (χ1v) is 9.26. The number of fused-ring (bicyclic) bond motifs is 1. The second-order valence-corrected chi connectivity index (χ2v) is 7.29. The molecule has 130 valence electrons. The lowest BCUT2D eigenvalue weighted by Crippen LogP contribution is -2.16. The van der Waals surface area contributed by atoms with Gasteiger partial charge in [-0.2, -0.15) is 0 Å². The second kappa shape index (κ2) is 6.87. The van der Waals surface area contributed by atoms with Crippen molar-refractivity contribution >= 4 is 16.9 Å². The Balaban J connectivity index is 1.53. The van der Waals surface area contributed by atoms with E-state index in [1.54, 1.807) is 0 Å². The molecule has 25 heavy (non-hydrogen) atoms. The summed E-state index contributed by atoms with van der Waals surface area (Å²) in [6.45, 7) is 2.22. The van der Waals surface area contributed by atoms with Crippen molar-refractivity contribution in [2.45, 2.75) is 51.5 Å². The van der Waals surface area contributed by atoms with Crippen LogP contribution in [0.1, 0.15) is 62.7 Å². The van der Waals surface area contributed by atoms with Crippen LogP contribution in [0.5, 0.6) is 0 Å². The van der Waals surface area contributed by atoms with Crippen LogP contribution in [0.4, 0.5) is 0 Å². The zero-order chi connectivity index (χ0) is 17.2. The van der Waals surface area contributed by atoms with Crippen molar-refractivity contribution in [3.63, 3.8) is 0 Å². The molecule has 1 atom stereocenters. The molecule has 1 N–H and O–H groups in total. The van der Waals surface area contributed by atoms with E-state index in [4.69, 9.17) is 5.21 Å². The van der Waals surface area contributed by atoms with Gasteiger partial charge in [-0.05, 0) is 68.1 Å². The smallest absolute Gasteiger partial charge is 0.0956 e. The van der Waals surface area contributed by atoms with Gasteiger partial charge in [0.25, 0.3) is 0 Å². The van der Waals surface area contributed by atoms with E-state index in [0.29, 0.717) is 6.04 Å². The van der Waals surface area contributed by atoms with Crippen molar-refractivity contribution in [3.05, 3.63) is 54.1 Å². The molecular formula is C21H25N3O. The monoisotopic (exact) mass is 335 g/mol. The van der Waals surface area contributed by atoms with Crippen molar-refractivity contribution in [2.24, 2.45) is 11.1 Å². The molecule has 1 fully saturated rings. The zero-order valence-electron chi connectivity index (χ0n) is 14.7. The normalized spacial score (nSPS) is 23.0. The average molecular weight is 335 g/mol. The molecule has 0 bridgehead atoms. The summed E-state index contributed by atoms with van der Waals surface area (Å²) in [4.78, 5) is 4.37. The van der Waals surface area contributed by atoms with Crippen LogP contribution < -0.4 is 0 Å². The first-order valence-electron chi connectivity index (χ1n) is 9.26. The van der Waals surface area contributed by atoms with E-state index in [0.717, 1.165) is 43.7 Å². The summed E-state index contributed by atoms with van der Waals surface area (Å²) in [6, 6.07) is 11.1. The number of imidazole rings is 1. The minimum atomic E-state index is 0.382. The molecule has 2 heterocycles. The van der Waals surface area contributed by atoms with Crippen LogP contribution in [-0.2, 0) is 0 Å². The number of nitrogens with zero attached hydrogens (tertiary/aromatic N) is 3. The Kier molecular flexibility index (Phi) is 4.43. The van der Waals surface area contributed by atoms with E-state index >= 15 is 0 Å². The summed E-state index contributed by atoms with van der Waals surface area (Å²) < 4.78 is 2.35. The number of hydrogen-bond acceptors (Lipinski definition) is 3. The Hall–Kier alpha value is -2.36. The number of rotatable bonds is 4. The van der Waals surface area contributed by atoms with Gasteiger partial charge < -0.3 is 9.77 Å². The van der Waals surface area contributed by atoms with E-state index in [-0.39, 0.29) is 0 Å². The van der Waals surface area contributed by atoms with Gasteiger partial charge in [-0.1, -0.05) is 35.5 Å². The Morgan fingerprint density at radius 3 is 2.64 bits per heavy atom. The number of aromatic nitrogens is 2. The molecule has 1 saturated carbocycles. The summed E-state index contributed by atoms with van der Waals surface area (Å²) >= 11 is 0. The van der Waals surface area contributed by atoms with Crippen LogP contribution in [0, 0.1) is 5.92 Å². The highest BCUT2D eigenvalue weighted by Gasteiger charge is 2.30. The SMILES string of the molecule is CC1=C(c2ccccc2)C(CCC2CCC(=NO)CC2)n2cncc21. The Bertz CT molecular complexity index is 794. The number of benzene rings is 1. The second-order valence-electron chi connectivity index (χ2n) is 7.29. The lowest BCUT2D eigenvalue weighted by atomic mass is 9.83. The molecule has 0 amide bonds. The van der Waals surface area contributed by atoms with Crippen molar-refractivity contribution in [2.75, 3.05) is 0 Å². The van der Waals surface area contributed by atoms with Gasteiger partial charge in [0.2, 0.25) is 0 Å². The lowest BCUT2D eigenvalue weighted by molar-refractivity contribution is 0.307. The van der Waals surface area contributed by atoms with E-state index in [1.807, 2.05) is 12.5 Å². The van der Waals surface area contributed by atoms with Gasteiger partial charge >= 0.3 is 0 Å². The van der Waals surface area contributed by atoms with Gasteiger partial charge in [-0.25, -0.2) is 4.98 Å². The van der Waals surface area contributed by atoms with Crippen LogP contribution in [0.2, 0.25) is 0 Å². The highest BCUT2D eigenvalue weighted by molar-refractivity contribution is 5.93. The van der Waals surface area contributed by atoms with Crippen molar-refractivity contribution < 1.29 is 5.21 Å². The molecule has 1 aromatic heterocycles. The van der Waals surface area contributed by atoms with Crippen LogP contribution in [0.25, 0.3) is 11.1 Å². The molecule has 2 aliphatic rings. The molecule has 0 spiro atoms. The maximum absolute atomic E-state index is 8.93. The minimum absolute atomic E-state index is 0.382. The maximum atomic E-state index is 8.93. The fraction of sp³-hybridized carbons (Fsp3) is 0.429. The van der Waals surface area contributed by atoms with Gasteiger partial charge in [-0.3, -0.25) is 0 Å². The molecule has 1 aliphatic heterocycles. The van der Waals surface area contributed by atoms with E-state index < -0.39 is 0 Å². The first-order chi connectivity index (χ1) is 12.3. The predicted molar refractivity (Wildman–Crippen MR) is 101 cm³/mol. The standard InChI is InChI=1S/C21H25N3O/c1-15-20-13-22-14-24(20)19(21(15)17-5-3-2-4-6-17)12-9-16-7-10-18(23-25)11-8-16/h2-6,13-14,16,19,25H,7-12H2,1H3. The molecule has 4 nitrogen and oxygen atoms in total. The van der Waals surface area contributed by atoms with E-state index in [1.165, 1.54) is 28.8 Å². The van der Waals surface area contributed by atoms with E-state index in [2.05, 4.69) is 52.0 Å². The summed E-state index contributed by atoms with van der Waals surface area (Å²) in [7, 11) is 0. The van der Waals surface area contributed by atoms with Crippen molar-refractivity contribution in [1.29, 1.82) is 0 Å². The molecule has 4 rings (SSSR count). The van der Waals surface area contributed by atoms with Crippen LogP contribution in [-0.4, -0.2) is 20.5 Å². The van der Waals surface area contributed by atoms with Gasteiger partial charge in [0.05, 0.1) is 30.0 Å². The maximum Gasteiger partial charge on any atom is 0.0956 e. The lowest BCUT2D eigenvalue weighted by Gasteiger charge is -2.25. The third-order valence-electron chi connectivity index (χ3n) is 5.88. The fourth-order valence-corrected chi connectivity index (χ4v) is 4.47. The van der Waals surface area contributed by atoms with Gasteiger partial charge in [0.1, 0.15) is 0 Å². The predicted octanol–water partition coefficient (Wildman–Crippen LogP) is 5.17. The summed E-state index contributed by atoms with van der Waals surface area (Å²) in [5.74, 6) is 0.732. The first kappa shape index (κ1) is 16.1. The summed E-state index contributed by atoms with van der Waals surface area (Å²) in [5.41, 5.74) is 6.35. The molecule has 4 heteroatoms. The molecular weight excluding hydrogens is 310 g/mol. The molecule has 1 aliphatic carbocycles. The molecule has 1 aromatic carbocycles. The number of hydrogen-bond donors (Lipinski definition) is 1. The minimum Gasteiger partial charge on any atom is -0.411 e. The Morgan fingerprint density at radius 1 is 1.16 bits per heavy atom. The third-order valence-corrected chi connectivity index (χ3v) is 5.88. The van der Waals surface area contributed by atoms with Crippen LogP contribution in [0.3, 0.4) is 0 Å². The topological polar surface area (TPSA) is 50.4 Å². The number of oxime groups is 1. The average Bonchev–Trinajstić information content (AvgIpc) is 3.24. The van der Waals surface area contributed by atoms with Gasteiger partial charge in [0, 0.05) is 0 Å².